The van der Waals surface area contributed by atoms with Crippen LogP contribution in [0.1, 0.15) is 21.1 Å². The Labute approximate surface area is 156 Å². The van der Waals surface area contributed by atoms with Gasteiger partial charge in [0.25, 0.3) is 5.91 Å². The van der Waals surface area contributed by atoms with Crippen LogP contribution in [0.15, 0.2) is 29.6 Å². The molecule has 1 aliphatic rings. The zero-order valence-corrected chi connectivity index (χ0v) is 16.0. The lowest BCUT2D eigenvalue weighted by Crippen LogP contribution is -2.34. The highest BCUT2D eigenvalue weighted by Crippen LogP contribution is 2.15. The average molecular weight is 378 g/mol. The number of aromatic nitrogens is 1. The number of amides is 1. The molecular weight excluding hydrogens is 354 g/mol. The largest absolute Gasteiger partial charge is 0.378 e. The van der Waals surface area contributed by atoms with Crippen LogP contribution in [0.5, 0.6) is 0 Å². The highest BCUT2D eigenvalue weighted by molar-refractivity contribution is 7.99. The van der Waals surface area contributed by atoms with Crippen LogP contribution in [0.4, 0.5) is 5.69 Å². The van der Waals surface area contributed by atoms with Gasteiger partial charge in [-0.05, 0) is 24.1 Å². The van der Waals surface area contributed by atoms with E-state index in [1.165, 1.54) is 41.5 Å². The van der Waals surface area contributed by atoms with Crippen molar-refractivity contribution in [2.24, 2.45) is 0 Å². The molecule has 0 bridgehead atoms. The van der Waals surface area contributed by atoms with Crippen LogP contribution in [0.3, 0.4) is 0 Å². The molecule has 1 aliphatic heterocycles. The predicted molar refractivity (Wildman–Crippen MR) is 105 cm³/mol. The number of thioether (sulfide) groups is 1. The quantitative estimate of drug-likeness (QED) is 0.803. The molecule has 1 aromatic heterocycles. The molecule has 25 heavy (non-hydrogen) atoms. The third kappa shape index (κ3) is 5.54. The molecule has 1 aromatic carbocycles. The van der Waals surface area contributed by atoms with Crippen molar-refractivity contribution in [1.29, 1.82) is 0 Å². The number of anilines is 1. The van der Waals surface area contributed by atoms with Crippen molar-refractivity contribution in [3.63, 3.8) is 0 Å². The van der Waals surface area contributed by atoms with Gasteiger partial charge in [-0.2, -0.15) is 11.8 Å². The summed E-state index contributed by atoms with van der Waals surface area (Å²) in [6, 6.07) is 8.10. The van der Waals surface area contributed by atoms with Crippen LogP contribution < -0.4 is 5.32 Å². The zero-order chi connectivity index (χ0) is 17.5. The first-order chi connectivity index (χ1) is 12.2. The lowest BCUT2D eigenvalue weighted by atomic mass is 10.1. The van der Waals surface area contributed by atoms with Gasteiger partial charge in [-0.1, -0.05) is 12.1 Å². The Balaban J connectivity index is 1.50. The van der Waals surface area contributed by atoms with Crippen LogP contribution in [0, 0.1) is 0 Å². The number of hydrogen-bond donors (Lipinski definition) is 1. The molecule has 0 saturated carbocycles. The number of nitrogens with zero attached hydrogens (tertiary/aromatic N) is 2. The van der Waals surface area contributed by atoms with Crippen molar-refractivity contribution in [3.05, 3.63) is 45.9 Å². The topological polar surface area (TPSA) is 54.5 Å². The lowest BCUT2D eigenvalue weighted by molar-refractivity contribution is 0.102. The van der Waals surface area contributed by atoms with Crippen molar-refractivity contribution >= 4 is 34.7 Å². The van der Waals surface area contributed by atoms with E-state index in [9.17, 15) is 4.79 Å². The molecule has 1 N–H and O–H groups in total. The normalized spacial score (nSPS) is 15.2. The van der Waals surface area contributed by atoms with Crippen molar-refractivity contribution in [1.82, 2.24) is 9.88 Å². The van der Waals surface area contributed by atoms with Crippen molar-refractivity contribution < 1.29 is 9.53 Å². The van der Waals surface area contributed by atoms with E-state index >= 15 is 0 Å². The molecule has 1 fully saturated rings. The van der Waals surface area contributed by atoms with Crippen molar-refractivity contribution in [3.8, 4) is 0 Å². The first-order valence-corrected chi connectivity index (χ1v) is 10.4. The second kappa shape index (κ2) is 9.33. The van der Waals surface area contributed by atoms with Gasteiger partial charge in [0, 0.05) is 49.3 Å². The minimum absolute atomic E-state index is 0.183. The second-order valence-corrected chi connectivity index (χ2v) is 8.08. The summed E-state index contributed by atoms with van der Waals surface area (Å²) in [7, 11) is 1.62. The fraction of sp³-hybridized carbons (Fsp3) is 0.444. The maximum atomic E-state index is 12.2. The maximum Gasteiger partial charge on any atom is 0.275 e. The molecule has 0 atom stereocenters. The van der Waals surface area contributed by atoms with E-state index < -0.39 is 0 Å². The molecule has 0 spiro atoms. The Morgan fingerprint density at radius 1 is 1.28 bits per heavy atom. The Hall–Kier alpha value is -1.41. The van der Waals surface area contributed by atoms with Gasteiger partial charge in [-0.15, -0.1) is 11.3 Å². The highest BCUT2D eigenvalue weighted by Gasteiger charge is 2.12. The Bertz CT molecular complexity index is 682. The van der Waals surface area contributed by atoms with Crippen LogP contribution in [-0.2, 0) is 17.8 Å². The van der Waals surface area contributed by atoms with Crippen molar-refractivity contribution in [2.45, 2.75) is 13.0 Å². The van der Waals surface area contributed by atoms with Gasteiger partial charge in [0.15, 0.2) is 0 Å². The zero-order valence-electron chi connectivity index (χ0n) is 14.4. The number of thiazole rings is 1. The lowest BCUT2D eigenvalue weighted by Gasteiger charge is -2.26. The minimum Gasteiger partial charge on any atom is -0.378 e. The van der Waals surface area contributed by atoms with Crippen LogP contribution in [0.25, 0.3) is 0 Å². The SMILES string of the molecule is COCc1nc(C(=O)Nc2ccc(CCN3CCSCC3)cc2)cs1. The molecule has 0 aliphatic carbocycles. The summed E-state index contributed by atoms with van der Waals surface area (Å²) in [4.78, 5) is 19.0. The Morgan fingerprint density at radius 3 is 2.76 bits per heavy atom. The number of methoxy groups -OCH3 is 1. The van der Waals surface area contributed by atoms with Gasteiger partial charge in [-0.25, -0.2) is 4.98 Å². The van der Waals surface area contributed by atoms with E-state index in [0.29, 0.717) is 12.3 Å². The van der Waals surface area contributed by atoms with E-state index in [1.54, 1.807) is 12.5 Å². The number of hydrogen-bond acceptors (Lipinski definition) is 6. The van der Waals surface area contributed by atoms with Crippen LogP contribution in [0.2, 0.25) is 0 Å². The van der Waals surface area contributed by atoms with E-state index in [-0.39, 0.29) is 5.91 Å². The van der Waals surface area contributed by atoms with E-state index in [2.05, 4.69) is 27.3 Å². The smallest absolute Gasteiger partial charge is 0.275 e. The Morgan fingerprint density at radius 2 is 2.04 bits per heavy atom. The van der Waals surface area contributed by atoms with Crippen LogP contribution >= 0.6 is 23.1 Å². The summed E-state index contributed by atoms with van der Waals surface area (Å²) >= 11 is 3.47. The van der Waals surface area contributed by atoms with Gasteiger partial charge in [0.2, 0.25) is 0 Å². The number of nitrogens with one attached hydrogen (secondary N) is 1. The van der Waals surface area contributed by atoms with E-state index in [4.69, 9.17) is 4.74 Å². The summed E-state index contributed by atoms with van der Waals surface area (Å²) in [5.41, 5.74) is 2.53. The number of carbonyl (C=O) groups excluding carboxylic acids is 1. The highest BCUT2D eigenvalue weighted by atomic mass is 32.2. The predicted octanol–water partition coefficient (Wildman–Crippen LogP) is 3.13. The molecule has 0 radical (unpaired) electrons. The molecule has 3 rings (SSSR count). The molecule has 1 amide bonds. The summed E-state index contributed by atoms with van der Waals surface area (Å²) in [6.45, 7) is 3.92. The summed E-state index contributed by atoms with van der Waals surface area (Å²) in [5.74, 6) is 2.30. The molecule has 134 valence electrons. The number of benzene rings is 1. The molecule has 2 heterocycles. The molecular formula is C18H23N3O2S2. The fourth-order valence-corrected chi connectivity index (χ4v) is 4.39. The molecule has 7 heteroatoms. The standard InChI is InChI=1S/C18H23N3O2S2/c1-23-12-17-20-16(13-25-17)18(22)19-15-4-2-14(3-5-15)6-7-21-8-10-24-11-9-21/h2-5,13H,6-12H2,1H3,(H,19,22). The van der Waals surface area contributed by atoms with Crippen LogP contribution in [-0.4, -0.2) is 54.0 Å². The number of ether oxygens (including phenoxy) is 1. The van der Waals surface area contributed by atoms with E-state index in [0.717, 1.165) is 23.7 Å². The summed E-state index contributed by atoms with van der Waals surface area (Å²) in [6.07, 6.45) is 1.05. The first-order valence-electron chi connectivity index (χ1n) is 8.38. The molecule has 5 nitrogen and oxygen atoms in total. The van der Waals surface area contributed by atoms with Crippen molar-refractivity contribution in [2.75, 3.05) is 43.6 Å². The van der Waals surface area contributed by atoms with E-state index in [1.807, 2.05) is 23.9 Å². The second-order valence-electron chi connectivity index (χ2n) is 5.91. The monoisotopic (exact) mass is 377 g/mol. The average Bonchev–Trinajstić information content (AvgIpc) is 3.11. The van der Waals surface area contributed by atoms with Gasteiger partial charge in [0.05, 0.1) is 6.61 Å². The maximum absolute atomic E-state index is 12.2. The summed E-state index contributed by atoms with van der Waals surface area (Å²) < 4.78 is 5.03. The molecule has 1 saturated heterocycles. The first kappa shape index (κ1) is 18.4. The number of rotatable bonds is 7. The molecule has 2 aromatic rings. The van der Waals surface area contributed by atoms with Gasteiger partial charge in [-0.3, -0.25) is 4.79 Å². The van der Waals surface area contributed by atoms with Gasteiger partial charge < -0.3 is 15.0 Å². The van der Waals surface area contributed by atoms with Gasteiger partial charge >= 0.3 is 0 Å². The minimum atomic E-state index is -0.183. The Kier molecular flexibility index (Phi) is 6.86. The summed E-state index contributed by atoms with van der Waals surface area (Å²) in [5, 5.41) is 5.46. The van der Waals surface area contributed by atoms with Gasteiger partial charge in [0.1, 0.15) is 10.7 Å². The fourth-order valence-electron chi connectivity index (χ4n) is 2.67. The number of carbonyl (C=O) groups is 1. The molecule has 0 unspecified atom stereocenters. The third-order valence-electron chi connectivity index (χ3n) is 4.08. The third-order valence-corrected chi connectivity index (χ3v) is 5.85.